The van der Waals surface area contributed by atoms with Crippen molar-refractivity contribution in [2.75, 3.05) is 6.61 Å². The van der Waals surface area contributed by atoms with Crippen LogP contribution >= 0.6 is 46.4 Å². The number of halogens is 4. The van der Waals surface area contributed by atoms with Crippen molar-refractivity contribution in [3.63, 3.8) is 0 Å². The summed E-state index contributed by atoms with van der Waals surface area (Å²) in [5.74, 6) is 0. The standard InChI is InChI=1S/C5H6Cl4O3/c6-3(1-5(7,8)9)2-12-4(10)11/h3H,1-2H2,(H,10,11). The van der Waals surface area contributed by atoms with Gasteiger partial charge in [0.2, 0.25) is 0 Å². The molecule has 7 heteroatoms. The molecule has 1 N–H and O–H groups in total. The zero-order valence-corrected chi connectivity index (χ0v) is 8.79. The molecule has 0 aromatic heterocycles. The van der Waals surface area contributed by atoms with Crippen LogP contribution in [0.1, 0.15) is 6.42 Å². The normalized spacial score (nSPS) is 14.0. The van der Waals surface area contributed by atoms with Crippen molar-refractivity contribution in [1.82, 2.24) is 0 Å². The summed E-state index contributed by atoms with van der Waals surface area (Å²) in [6.07, 6.45) is -1.36. The molecule has 0 aliphatic carbocycles. The molecule has 0 amide bonds. The van der Waals surface area contributed by atoms with E-state index in [0.717, 1.165) is 0 Å². The van der Waals surface area contributed by atoms with Crippen molar-refractivity contribution in [2.45, 2.75) is 15.6 Å². The second kappa shape index (κ2) is 5.22. The lowest BCUT2D eigenvalue weighted by atomic mass is 10.3. The van der Waals surface area contributed by atoms with Gasteiger partial charge in [-0.25, -0.2) is 4.79 Å². The van der Waals surface area contributed by atoms with E-state index >= 15 is 0 Å². The highest BCUT2D eigenvalue weighted by Crippen LogP contribution is 2.32. The predicted molar refractivity (Wildman–Crippen MR) is 48.5 cm³/mol. The van der Waals surface area contributed by atoms with Crippen LogP contribution in [-0.2, 0) is 4.74 Å². The molecule has 0 saturated carbocycles. The molecule has 0 saturated heterocycles. The summed E-state index contributed by atoms with van der Waals surface area (Å²) in [5, 5.41) is 7.45. The summed E-state index contributed by atoms with van der Waals surface area (Å²) in [5.41, 5.74) is 0. The number of carbonyl (C=O) groups is 1. The Morgan fingerprint density at radius 2 is 2.00 bits per heavy atom. The fourth-order valence-corrected chi connectivity index (χ4v) is 1.56. The molecule has 72 valence electrons. The van der Waals surface area contributed by atoms with Crippen LogP contribution in [-0.4, -0.2) is 27.0 Å². The lowest BCUT2D eigenvalue weighted by molar-refractivity contribution is 0.0910. The first-order valence-corrected chi connectivity index (χ1v) is 4.45. The zero-order valence-electron chi connectivity index (χ0n) is 5.77. The first-order valence-electron chi connectivity index (χ1n) is 2.88. The molecule has 12 heavy (non-hydrogen) atoms. The van der Waals surface area contributed by atoms with Crippen molar-refractivity contribution in [1.29, 1.82) is 0 Å². The van der Waals surface area contributed by atoms with Gasteiger partial charge >= 0.3 is 6.16 Å². The maximum atomic E-state index is 9.89. The average Bonchev–Trinajstić information content (AvgIpc) is 1.79. The fraction of sp³-hybridized carbons (Fsp3) is 0.800. The summed E-state index contributed by atoms with van der Waals surface area (Å²) < 4.78 is 2.68. The molecule has 0 radical (unpaired) electrons. The van der Waals surface area contributed by atoms with E-state index in [4.69, 9.17) is 51.5 Å². The Labute approximate surface area is 89.5 Å². The van der Waals surface area contributed by atoms with E-state index in [2.05, 4.69) is 4.74 Å². The minimum atomic E-state index is -1.48. The highest BCUT2D eigenvalue weighted by molar-refractivity contribution is 6.67. The van der Waals surface area contributed by atoms with Crippen LogP contribution in [0, 0.1) is 0 Å². The smallest absolute Gasteiger partial charge is 0.450 e. The monoisotopic (exact) mass is 254 g/mol. The summed E-state index contributed by atoms with van der Waals surface area (Å²) >= 11 is 21.7. The number of rotatable bonds is 3. The maximum Gasteiger partial charge on any atom is 0.505 e. The van der Waals surface area contributed by atoms with Crippen molar-refractivity contribution in [3.8, 4) is 0 Å². The molecule has 0 aliphatic heterocycles. The third kappa shape index (κ3) is 8.53. The van der Waals surface area contributed by atoms with E-state index in [1.54, 1.807) is 0 Å². The Morgan fingerprint density at radius 3 is 2.33 bits per heavy atom. The van der Waals surface area contributed by atoms with Gasteiger partial charge < -0.3 is 9.84 Å². The third-order valence-corrected chi connectivity index (χ3v) is 1.58. The molecular weight excluding hydrogens is 250 g/mol. The summed E-state index contributed by atoms with van der Waals surface area (Å²) in [6, 6.07) is 0. The van der Waals surface area contributed by atoms with Gasteiger partial charge in [0.05, 0.1) is 5.38 Å². The molecule has 0 aromatic carbocycles. The minimum absolute atomic E-state index is 0.0342. The van der Waals surface area contributed by atoms with E-state index in [1.165, 1.54) is 0 Å². The SMILES string of the molecule is O=C(O)OCC(Cl)CC(Cl)(Cl)Cl. The van der Waals surface area contributed by atoms with E-state index in [-0.39, 0.29) is 13.0 Å². The van der Waals surface area contributed by atoms with E-state index < -0.39 is 15.3 Å². The van der Waals surface area contributed by atoms with Crippen LogP contribution < -0.4 is 0 Å². The fourth-order valence-electron chi connectivity index (χ4n) is 0.472. The third-order valence-electron chi connectivity index (χ3n) is 0.841. The van der Waals surface area contributed by atoms with E-state index in [9.17, 15) is 4.79 Å². The van der Waals surface area contributed by atoms with Crippen LogP contribution in [0.4, 0.5) is 4.79 Å². The van der Waals surface area contributed by atoms with Gasteiger partial charge in [-0.05, 0) is 0 Å². The summed E-state index contributed by atoms with van der Waals surface area (Å²) in [6.45, 7) is -0.190. The molecule has 0 fully saturated rings. The van der Waals surface area contributed by atoms with Crippen LogP contribution in [0.3, 0.4) is 0 Å². The Morgan fingerprint density at radius 1 is 1.50 bits per heavy atom. The van der Waals surface area contributed by atoms with Gasteiger partial charge in [0.15, 0.2) is 3.79 Å². The van der Waals surface area contributed by atoms with E-state index in [0.29, 0.717) is 0 Å². The molecule has 0 aliphatic rings. The van der Waals surface area contributed by atoms with Gasteiger partial charge in [0.25, 0.3) is 0 Å². The van der Waals surface area contributed by atoms with Gasteiger partial charge in [0, 0.05) is 6.42 Å². The average molecular weight is 256 g/mol. The lowest BCUT2D eigenvalue weighted by Crippen LogP contribution is -2.18. The first kappa shape index (κ1) is 12.4. The number of ether oxygens (including phenoxy) is 1. The van der Waals surface area contributed by atoms with Crippen LogP contribution in [0.25, 0.3) is 0 Å². The Kier molecular flexibility index (Phi) is 5.41. The maximum absolute atomic E-state index is 9.89. The molecule has 0 rings (SSSR count). The molecule has 1 atom stereocenters. The lowest BCUT2D eigenvalue weighted by Gasteiger charge is -2.14. The molecule has 0 heterocycles. The molecule has 1 unspecified atom stereocenters. The van der Waals surface area contributed by atoms with Crippen molar-refractivity contribution in [3.05, 3.63) is 0 Å². The van der Waals surface area contributed by atoms with Crippen LogP contribution in [0.2, 0.25) is 0 Å². The molecule has 0 aromatic rings. The van der Waals surface area contributed by atoms with Crippen molar-refractivity contribution < 1.29 is 14.6 Å². The highest BCUT2D eigenvalue weighted by Gasteiger charge is 2.24. The van der Waals surface area contributed by atoms with Gasteiger partial charge in [-0.3, -0.25) is 0 Å². The Bertz CT molecular complexity index is 155. The number of hydrogen-bond acceptors (Lipinski definition) is 2. The molecular formula is C5H6Cl4O3. The largest absolute Gasteiger partial charge is 0.505 e. The number of alkyl halides is 4. The van der Waals surface area contributed by atoms with Gasteiger partial charge in [-0.15, -0.1) is 11.6 Å². The first-order chi connectivity index (χ1) is 5.31. The number of hydrogen-bond donors (Lipinski definition) is 1. The summed E-state index contributed by atoms with van der Waals surface area (Å²) in [4.78, 5) is 9.89. The Balaban J connectivity index is 3.60. The highest BCUT2D eigenvalue weighted by atomic mass is 35.6. The number of carboxylic acid groups (broad SMARTS) is 1. The Hall–Kier alpha value is 0.430. The summed E-state index contributed by atoms with van der Waals surface area (Å²) in [7, 11) is 0. The zero-order chi connectivity index (χ0) is 9.78. The van der Waals surface area contributed by atoms with Crippen molar-refractivity contribution >= 4 is 52.6 Å². The van der Waals surface area contributed by atoms with Gasteiger partial charge in [-0.2, -0.15) is 0 Å². The predicted octanol–water partition coefficient (Wildman–Crippen LogP) is 3.05. The molecule has 0 spiro atoms. The van der Waals surface area contributed by atoms with Crippen LogP contribution in [0.5, 0.6) is 0 Å². The molecule has 0 bridgehead atoms. The molecule has 3 nitrogen and oxygen atoms in total. The topological polar surface area (TPSA) is 46.5 Å². The van der Waals surface area contributed by atoms with Crippen molar-refractivity contribution in [2.24, 2.45) is 0 Å². The van der Waals surface area contributed by atoms with Gasteiger partial charge in [-0.1, -0.05) is 34.8 Å². The van der Waals surface area contributed by atoms with Gasteiger partial charge in [0.1, 0.15) is 6.61 Å². The quantitative estimate of drug-likeness (QED) is 0.623. The van der Waals surface area contributed by atoms with Crippen LogP contribution in [0.15, 0.2) is 0 Å². The second-order valence-electron chi connectivity index (χ2n) is 1.99. The second-order valence-corrected chi connectivity index (χ2v) is 5.13. The van der Waals surface area contributed by atoms with E-state index in [1.807, 2.05) is 0 Å². The minimum Gasteiger partial charge on any atom is -0.450 e.